The highest BCUT2D eigenvalue weighted by Gasteiger charge is 2.17. The number of rotatable bonds is 4. The molecular formula is C9H12ClN3OS. The molecule has 1 aromatic heterocycles. The van der Waals surface area contributed by atoms with Crippen LogP contribution in [0.15, 0.2) is 0 Å². The summed E-state index contributed by atoms with van der Waals surface area (Å²) in [5, 5.41) is 10.4. The molecule has 0 saturated heterocycles. The molecule has 4 nitrogen and oxygen atoms in total. The lowest BCUT2D eigenvalue weighted by Gasteiger charge is -2.24. The van der Waals surface area contributed by atoms with E-state index in [0.717, 1.165) is 30.2 Å². The van der Waals surface area contributed by atoms with Crippen molar-refractivity contribution in [2.45, 2.75) is 25.7 Å². The summed E-state index contributed by atoms with van der Waals surface area (Å²) in [6.07, 6.45) is 5.02. The van der Waals surface area contributed by atoms with Crippen molar-refractivity contribution in [2.75, 3.05) is 6.54 Å². The van der Waals surface area contributed by atoms with Gasteiger partial charge in [0.1, 0.15) is 0 Å². The van der Waals surface area contributed by atoms with Crippen molar-refractivity contribution < 1.29 is 4.79 Å². The van der Waals surface area contributed by atoms with E-state index >= 15 is 0 Å². The van der Waals surface area contributed by atoms with Crippen LogP contribution in [0.25, 0.3) is 0 Å². The van der Waals surface area contributed by atoms with Crippen molar-refractivity contribution in [3.63, 3.8) is 0 Å². The number of nitrogens with one attached hydrogen (secondary N) is 1. The first-order valence-corrected chi connectivity index (χ1v) is 6.22. The van der Waals surface area contributed by atoms with Gasteiger partial charge in [-0.2, -0.15) is 0 Å². The van der Waals surface area contributed by atoms with Crippen molar-refractivity contribution in [1.82, 2.24) is 15.5 Å². The van der Waals surface area contributed by atoms with Gasteiger partial charge < -0.3 is 5.32 Å². The third-order valence-electron chi connectivity index (χ3n) is 2.66. The summed E-state index contributed by atoms with van der Waals surface area (Å²) in [4.78, 5) is 11.5. The molecule has 1 heterocycles. The van der Waals surface area contributed by atoms with Gasteiger partial charge in [0.2, 0.25) is 9.47 Å². The lowest BCUT2D eigenvalue weighted by molar-refractivity contribution is 0.0948. The highest BCUT2D eigenvalue weighted by Crippen LogP contribution is 2.28. The molecule has 82 valence electrons. The number of carbonyl (C=O) groups is 1. The average Bonchev–Trinajstić information content (AvgIpc) is 2.56. The van der Waals surface area contributed by atoms with E-state index in [1.807, 2.05) is 0 Å². The highest BCUT2D eigenvalue weighted by atomic mass is 35.5. The maximum atomic E-state index is 11.5. The van der Waals surface area contributed by atoms with Gasteiger partial charge in [-0.3, -0.25) is 4.79 Å². The molecule has 0 radical (unpaired) electrons. The fraction of sp³-hybridized carbons (Fsp3) is 0.667. The third-order valence-corrected chi connectivity index (χ3v) is 3.68. The van der Waals surface area contributed by atoms with Crippen LogP contribution in [-0.4, -0.2) is 22.6 Å². The van der Waals surface area contributed by atoms with E-state index in [1.165, 1.54) is 19.3 Å². The average molecular weight is 246 g/mol. The summed E-state index contributed by atoms with van der Waals surface area (Å²) in [5.41, 5.74) is 0. The Kier molecular flexibility index (Phi) is 3.53. The molecule has 1 amide bonds. The zero-order chi connectivity index (χ0) is 10.7. The molecule has 0 unspecified atom stereocenters. The van der Waals surface area contributed by atoms with E-state index in [9.17, 15) is 4.79 Å². The second kappa shape index (κ2) is 4.90. The first kappa shape index (κ1) is 10.8. The van der Waals surface area contributed by atoms with Crippen LogP contribution in [0, 0.1) is 5.92 Å². The van der Waals surface area contributed by atoms with Gasteiger partial charge in [0.15, 0.2) is 0 Å². The number of aromatic nitrogens is 2. The summed E-state index contributed by atoms with van der Waals surface area (Å²) < 4.78 is 0.305. The summed E-state index contributed by atoms with van der Waals surface area (Å²) >= 11 is 6.69. The number of nitrogens with zero attached hydrogens (tertiary/aromatic N) is 2. The lowest BCUT2D eigenvalue weighted by Crippen LogP contribution is -2.27. The molecule has 1 saturated carbocycles. The minimum absolute atomic E-state index is 0.168. The van der Waals surface area contributed by atoms with Crippen molar-refractivity contribution in [1.29, 1.82) is 0 Å². The van der Waals surface area contributed by atoms with Crippen molar-refractivity contribution >= 4 is 28.8 Å². The van der Waals surface area contributed by atoms with Gasteiger partial charge >= 0.3 is 0 Å². The molecule has 1 N–H and O–H groups in total. The second-order valence-electron chi connectivity index (χ2n) is 3.70. The zero-order valence-electron chi connectivity index (χ0n) is 8.20. The Morgan fingerprint density at radius 2 is 2.33 bits per heavy atom. The number of hydrogen-bond donors (Lipinski definition) is 1. The number of carbonyl (C=O) groups excluding carboxylic acids is 1. The van der Waals surface area contributed by atoms with E-state index in [-0.39, 0.29) is 5.91 Å². The molecule has 0 aliphatic heterocycles. The Labute approximate surface area is 97.0 Å². The molecule has 1 fully saturated rings. The SMILES string of the molecule is O=C(NCCC1CCC1)c1nnc(Cl)s1. The van der Waals surface area contributed by atoms with Gasteiger partial charge in [0, 0.05) is 6.54 Å². The summed E-state index contributed by atoms with van der Waals surface area (Å²) in [7, 11) is 0. The summed E-state index contributed by atoms with van der Waals surface area (Å²) in [6, 6.07) is 0. The maximum absolute atomic E-state index is 11.5. The van der Waals surface area contributed by atoms with Gasteiger partial charge in [-0.25, -0.2) is 0 Å². The summed E-state index contributed by atoms with van der Waals surface area (Å²) in [6.45, 7) is 0.723. The van der Waals surface area contributed by atoms with Crippen LogP contribution in [0.2, 0.25) is 4.47 Å². The number of hydrogen-bond acceptors (Lipinski definition) is 4. The van der Waals surface area contributed by atoms with Crippen LogP contribution in [0.4, 0.5) is 0 Å². The highest BCUT2D eigenvalue weighted by molar-refractivity contribution is 7.17. The first-order valence-electron chi connectivity index (χ1n) is 5.03. The quantitative estimate of drug-likeness (QED) is 0.884. The first-order chi connectivity index (χ1) is 7.25. The van der Waals surface area contributed by atoms with Gasteiger partial charge in [-0.15, -0.1) is 10.2 Å². The molecule has 15 heavy (non-hydrogen) atoms. The Hall–Kier alpha value is -0.680. The second-order valence-corrected chi connectivity index (χ2v) is 5.26. The topological polar surface area (TPSA) is 54.9 Å². The van der Waals surface area contributed by atoms with Crippen molar-refractivity contribution in [2.24, 2.45) is 5.92 Å². The molecule has 1 aliphatic carbocycles. The smallest absolute Gasteiger partial charge is 0.282 e. The lowest BCUT2D eigenvalue weighted by atomic mass is 9.83. The molecule has 2 rings (SSSR count). The molecule has 0 bridgehead atoms. The van der Waals surface area contributed by atoms with E-state index in [1.54, 1.807) is 0 Å². The predicted molar refractivity (Wildman–Crippen MR) is 59.2 cm³/mol. The Morgan fingerprint density at radius 3 is 2.87 bits per heavy atom. The van der Waals surface area contributed by atoms with Crippen LogP contribution < -0.4 is 5.32 Å². The molecule has 6 heteroatoms. The molecule has 0 spiro atoms. The zero-order valence-corrected chi connectivity index (χ0v) is 9.77. The normalized spacial score (nSPS) is 16.1. The monoisotopic (exact) mass is 245 g/mol. The fourth-order valence-electron chi connectivity index (χ4n) is 1.54. The van der Waals surface area contributed by atoms with Gasteiger partial charge in [0.25, 0.3) is 5.91 Å². The minimum Gasteiger partial charge on any atom is -0.350 e. The van der Waals surface area contributed by atoms with Crippen molar-refractivity contribution in [3.8, 4) is 0 Å². The largest absolute Gasteiger partial charge is 0.350 e. The van der Waals surface area contributed by atoms with Crippen LogP contribution in [0.1, 0.15) is 35.5 Å². The predicted octanol–water partition coefficient (Wildman–Crippen LogP) is 2.11. The van der Waals surface area contributed by atoms with Gasteiger partial charge in [-0.1, -0.05) is 30.6 Å². The van der Waals surface area contributed by atoms with Gasteiger partial charge in [0.05, 0.1) is 0 Å². The van der Waals surface area contributed by atoms with Crippen LogP contribution in [0.5, 0.6) is 0 Å². The Morgan fingerprint density at radius 1 is 1.53 bits per heavy atom. The molecule has 1 aliphatic rings. The number of amides is 1. The van der Waals surface area contributed by atoms with Crippen LogP contribution >= 0.6 is 22.9 Å². The molecule has 0 atom stereocenters. The molecule has 1 aromatic rings. The van der Waals surface area contributed by atoms with Crippen molar-refractivity contribution in [3.05, 3.63) is 9.47 Å². The van der Waals surface area contributed by atoms with E-state index in [0.29, 0.717) is 9.47 Å². The van der Waals surface area contributed by atoms with Crippen LogP contribution in [0.3, 0.4) is 0 Å². The van der Waals surface area contributed by atoms with Gasteiger partial charge in [-0.05, 0) is 23.9 Å². The third kappa shape index (κ3) is 2.89. The van der Waals surface area contributed by atoms with Crippen LogP contribution in [-0.2, 0) is 0 Å². The maximum Gasteiger partial charge on any atom is 0.282 e. The number of halogens is 1. The minimum atomic E-state index is -0.168. The Bertz CT molecular complexity index is 351. The molecular weight excluding hydrogens is 234 g/mol. The standard InChI is InChI=1S/C9H12ClN3OS/c10-9-13-12-8(15-9)7(14)11-5-4-6-2-1-3-6/h6H,1-5H2,(H,11,14). The van der Waals surface area contributed by atoms with E-state index in [2.05, 4.69) is 15.5 Å². The Balaban J connectivity index is 1.72. The van der Waals surface area contributed by atoms with E-state index < -0.39 is 0 Å². The van der Waals surface area contributed by atoms with E-state index in [4.69, 9.17) is 11.6 Å². The fourth-order valence-corrected chi connectivity index (χ4v) is 2.29. The summed E-state index contributed by atoms with van der Waals surface area (Å²) in [5.74, 6) is 0.641. The molecule has 0 aromatic carbocycles.